The lowest BCUT2D eigenvalue weighted by Gasteiger charge is -2.34. The van der Waals surface area contributed by atoms with Crippen molar-refractivity contribution in [2.45, 2.75) is 25.0 Å². The molecule has 146 valence electrons. The highest BCUT2D eigenvalue weighted by molar-refractivity contribution is 6.12. The SMILES string of the molecule is COc1ccc(C(=O)N[C@@]2(C(=O)OCc3ccccc3)CCCNC2=O)cc1. The number of nitrogens with one attached hydrogen (secondary N) is 2. The van der Waals surface area contributed by atoms with Gasteiger partial charge in [0.15, 0.2) is 0 Å². The minimum Gasteiger partial charge on any atom is -0.497 e. The van der Waals surface area contributed by atoms with Gasteiger partial charge in [0, 0.05) is 12.1 Å². The number of rotatable bonds is 6. The molecule has 2 aromatic rings. The molecule has 1 saturated heterocycles. The van der Waals surface area contributed by atoms with E-state index in [1.54, 1.807) is 24.3 Å². The molecular weight excluding hydrogens is 360 g/mol. The number of hydrogen-bond donors (Lipinski definition) is 2. The lowest BCUT2D eigenvalue weighted by Crippen LogP contribution is -2.66. The maximum Gasteiger partial charge on any atom is 0.342 e. The molecule has 2 N–H and O–H groups in total. The van der Waals surface area contributed by atoms with Gasteiger partial charge in [0.1, 0.15) is 12.4 Å². The zero-order valence-corrected chi connectivity index (χ0v) is 15.6. The minimum absolute atomic E-state index is 0.0209. The number of ether oxygens (including phenoxy) is 2. The smallest absolute Gasteiger partial charge is 0.342 e. The zero-order valence-electron chi connectivity index (χ0n) is 15.6. The number of hydrogen-bond acceptors (Lipinski definition) is 5. The Morgan fingerprint density at radius 3 is 2.46 bits per heavy atom. The topological polar surface area (TPSA) is 93.7 Å². The van der Waals surface area contributed by atoms with Crippen LogP contribution < -0.4 is 15.4 Å². The first kappa shape index (κ1) is 19.4. The fraction of sp³-hybridized carbons (Fsp3) is 0.286. The summed E-state index contributed by atoms with van der Waals surface area (Å²) in [7, 11) is 1.53. The van der Waals surface area contributed by atoms with Crippen molar-refractivity contribution in [3.63, 3.8) is 0 Å². The Morgan fingerprint density at radius 2 is 1.82 bits per heavy atom. The van der Waals surface area contributed by atoms with Crippen molar-refractivity contribution in [1.82, 2.24) is 10.6 Å². The van der Waals surface area contributed by atoms with E-state index in [-0.39, 0.29) is 13.0 Å². The number of carbonyl (C=O) groups excluding carboxylic acids is 3. The number of piperidine rings is 1. The Balaban J connectivity index is 1.78. The van der Waals surface area contributed by atoms with Crippen molar-refractivity contribution in [3.05, 3.63) is 65.7 Å². The second kappa shape index (κ2) is 8.56. The van der Waals surface area contributed by atoms with Gasteiger partial charge in [-0.1, -0.05) is 30.3 Å². The van der Waals surface area contributed by atoms with Crippen LogP contribution >= 0.6 is 0 Å². The number of methoxy groups -OCH3 is 1. The molecule has 1 heterocycles. The van der Waals surface area contributed by atoms with Crippen LogP contribution in [0.3, 0.4) is 0 Å². The van der Waals surface area contributed by atoms with Crippen molar-refractivity contribution >= 4 is 17.8 Å². The molecule has 0 spiro atoms. The van der Waals surface area contributed by atoms with Crippen LogP contribution in [0.15, 0.2) is 54.6 Å². The normalized spacial score (nSPS) is 18.7. The van der Waals surface area contributed by atoms with Crippen molar-refractivity contribution in [1.29, 1.82) is 0 Å². The monoisotopic (exact) mass is 382 g/mol. The molecule has 7 heteroatoms. The summed E-state index contributed by atoms with van der Waals surface area (Å²) >= 11 is 0. The predicted octanol–water partition coefficient (Wildman–Crippen LogP) is 1.82. The number of esters is 1. The average Bonchev–Trinajstić information content (AvgIpc) is 2.74. The van der Waals surface area contributed by atoms with Crippen molar-refractivity contribution in [2.75, 3.05) is 13.7 Å². The Hall–Kier alpha value is -3.35. The molecule has 0 unspecified atom stereocenters. The molecule has 0 saturated carbocycles. The molecule has 1 fully saturated rings. The largest absolute Gasteiger partial charge is 0.497 e. The average molecular weight is 382 g/mol. The molecule has 2 amide bonds. The third-order valence-corrected chi connectivity index (χ3v) is 4.64. The minimum atomic E-state index is -1.75. The second-order valence-electron chi connectivity index (χ2n) is 6.51. The first-order valence-electron chi connectivity index (χ1n) is 9.01. The number of benzene rings is 2. The molecule has 2 aromatic carbocycles. The van der Waals surface area contributed by atoms with E-state index < -0.39 is 23.3 Å². The van der Waals surface area contributed by atoms with Gasteiger partial charge in [-0.25, -0.2) is 4.79 Å². The lowest BCUT2D eigenvalue weighted by molar-refractivity contribution is -0.158. The highest BCUT2D eigenvalue weighted by Gasteiger charge is 2.50. The summed E-state index contributed by atoms with van der Waals surface area (Å²) in [6.45, 7) is 0.470. The Kier molecular flexibility index (Phi) is 5.93. The fourth-order valence-electron chi connectivity index (χ4n) is 3.04. The maximum atomic E-state index is 12.9. The molecule has 1 aliphatic rings. The van der Waals surface area contributed by atoms with E-state index in [1.807, 2.05) is 30.3 Å². The highest BCUT2D eigenvalue weighted by atomic mass is 16.5. The summed E-state index contributed by atoms with van der Waals surface area (Å²) in [5, 5.41) is 5.26. The molecule has 0 aromatic heterocycles. The van der Waals surface area contributed by atoms with Crippen molar-refractivity contribution in [3.8, 4) is 5.75 Å². The molecule has 0 radical (unpaired) electrons. The van der Waals surface area contributed by atoms with Gasteiger partial charge < -0.3 is 20.1 Å². The number of carbonyl (C=O) groups is 3. The van der Waals surface area contributed by atoms with Crippen LogP contribution in [-0.4, -0.2) is 37.0 Å². The van der Waals surface area contributed by atoms with E-state index in [1.165, 1.54) is 7.11 Å². The van der Waals surface area contributed by atoms with Gasteiger partial charge in [0.25, 0.3) is 11.8 Å². The van der Waals surface area contributed by atoms with E-state index in [0.717, 1.165) is 5.56 Å². The van der Waals surface area contributed by atoms with Crippen LogP contribution in [0, 0.1) is 0 Å². The summed E-state index contributed by atoms with van der Waals surface area (Å²) < 4.78 is 10.5. The standard InChI is InChI=1S/C21H22N2O5/c1-27-17-10-8-16(9-11-17)18(24)23-21(12-5-13-22-19(21)25)20(26)28-14-15-6-3-2-4-7-15/h2-4,6-11H,5,12-14H2,1H3,(H,22,25)(H,23,24)/t21-/m0/s1. The van der Waals surface area contributed by atoms with Crippen LogP contribution in [0.4, 0.5) is 0 Å². The zero-order chi connectivity index (χ0) is 20.0. The van der Waals surface area contributed by atoms with Gasteiger partial charge in [-0.15, -0.1) is 0 Å². The highest BCUT2D eigenvalue weighted by Crippen LogP contribution is 2.22. The molecule has 1 atom stereocenters. The van der Waals surface area contributed by atoms with Crippen LogP contribution in [0.25, 0.3) is 0 Å². The number of amides is 2. The van der Waals surface area contributed by atoms with Gasteiger partial charge in [0.2, 0.25) is 5.54 Å². The summed E-state index contributed by atoms with van der Waals surface area (Å²) in [6, 6.07) is 15.6. The van der Waals surface area contributed by atoms with Crippen molar-refractivity contribution in [2.24, 2.45) is 0 Å². The van der Waals surface area contributed by atoms with E-state index in [0.29, 0.717) is 24.3 Å². The molecule has 7 nitrogen and oxygen atoms in total. The van der Waals surface area contributed by atoms with Crippen LogP contribution in [0.5, 0.6) is 5.75 Å². The lowest BCUT2D eigenvalue weighted by atomic mass is 9.88. The van der Waals surface area contributed by atoms with Crippen LogP contribution in [-0.2, 0) is 20.9 Å². The summed E-state index contributed by atoms with van der Waals surface area (Å²) in [5.74, 6) is -1.26. The predicted molar refractivity (Wildman–Crippen MR) is 102 cm³/mol. The molecule has 0 bridgehead atoms. The van der Waals surface area contributed by atoms with E-state index in [9.17, 15) is 14.4 Å². The van der Waals surface area contributed by atoms with Gasteiger partial charge in [-0.2, -0.15) is 0 Å². The van der Waals surface area contributed by atoms with Gasteiger partial charge in [-0.3, -0.25) is 9.59 Å². The second-order valence-corrected chi connectivity index (χ2v) is 6.51. The van der Waals surface area contributed by atoms with E-state index in [2.05, 4.69) is 10.6 Å². The fourth-order valence-corrected chi connectivity index (χ4v) is 3.04. The summed E-state index contributed by atoms with van der Waals surface area (Å²) in [5.41, 5.74) is -0.637. The third-order valence-electron chi connectivity index (χ3n) is 4.64. The Labute approximate surface area is 163 Å². The van der Waals surface area contributed by atoms with E-state index in [4.69, 9.17) is 9.47 Å². The molecule has 1 aliphatic heterocycles. The van der Waals surface area contributed by atoms with Crippen LogP contribution in [0.1, 0.15) is 28.8 Å². The summed E-state index contributed by atoms with van der Waals surface area (Å²) in [6.07, 6.45) is 0.726. The maximum absolute atomic E-state index is 12.9. The van der Waals surface area contributed by atoms with Gasteiger partial charge >= 0.3 is 5.97 Å². The van der Waals surface area contributed by atoms with E-state index >= 15 is 0 Å². The van der Waals surface area contributed by atoms with Crippen LogP contribution in [0.2, 0.25) is 0 Å². The first-order chi connectivity index (χ1) is 13.5. The Morgan fingerprint density at radius 1 is 1.11 bits per heavy atom. The first-order valence-corrected chi connectivity index (χ1v) is 9.01. The molecule has 28 heavy (non-hydrogen) atoms. The van der Waals surface area contributed by atoms with Gasteiger partial charge in [-0.05, 0) is 42.7 Å². The molecular formula is C21H22N2O5. The Bertz CT molecular complexity index is 851. The summed E-state index contributed by atoms with van der Waals surface area (Å²) in [4.78, 5) is 38.1. The molecule has 0 aliphatic carbocycles. The van der Waals surface area contributed by atoms with Crippen molar-refractivity contribution < 1.29 is 23.9 Å². The molecule has 3 rings (SSSR count). The third kappa shape index (κ3) is 4.14. The quantitative estimate of drug-likeness (QED) is 0.587. The van der Waals surface area contributed by atoms with Gasteiger partial charge in [0.05, 0.1) is 7.11 Å².